The molecule has 0 radical (unpaired) electrons. The largest absolute Gasteiger partial charge is 2.00 e. The summed E-state index contributed by atoms with van der Waals surface area (Å²) in [6.45, 7) is 0. The van der Waals surface area contributed by atoms with Crippen molar-refractivity contribution in [1.82, 2.24) is 0 Å². The van der Waals surface area contributed by atoms with Crippen molar-refractivity contribution in [2.45, 2.75) is 0 Å². The van der Waals surface area contributed by atoms with Gasteiger partial charge in [0, 0.05) is 10.4 Å². The SMILES string of the molecule is O=S(=O)([O-])[O-].[Ba+2].[Cl-].[Cl-].[K+].[K+]. The summed E-state index contributed by atoms with van der Waals surface area (Å²) in [6.07, 6.45) is 0. The number of rotatable bonds is 0. The van der Waals surface area contributed by atoms with Gasteiger partial charge in [0.1, 0.15) is 0 Å². The molecule has 0 aromatic heterocycles. The van der Waals surface area contributed by atoms with Gasteiger partial charge in [0.15, 0.2) is 0 Å². The van der Waals surface area contributed by atoms with Crippen LogP contribution in [0.15, 0.2) is 0 Å². The molecule has 48 valence electrons. The minimum Gasteiger partial charge on any atom is -1.00 e. The Bertz CT molecular complexity index is 104. The van der Waals surface area contributed by atoms with Gasteiger partial charge in [0.25, 0.3) is 0 Å². The van der Waals surface area contributed by atoms with Gasteiger partial charge in [-0.05, 0) is 0 Å². The molecule has 0 aliphatic carbocycles. The van der Waals surface area contributed by atoms with Crippen LogP contribution in [0.2, 0.25) is 0 Å². The van der Waals surface area contributed by atoms with Crippen LogP contribution in [0.25, 0.3) is 0 Å². The molecular formula is BaCl2K2O4S. The fourth-order valence-electron chi connectivity index (χ4n) is 0. The molecule has 0 spiro atoms. The molecule has 10 heavy (non-hydrogen) atoms. The molecule has 0 amide bonds. The first-order valence-corrected chi connectivity index (χ1v) is 2.00. The summed E-state index contributed by atoms with van der Waals surface area (Å²) in [4.78, 5) is 0. The minimum absolute atomic E-state index is 0. The van der Waals surface area contributed by atoms with Crippen LogP contribution < -0.4 is 128 Å². The Morgan fingerprint density at radius 2 is 0.900 bits per heavy atom. The zero-order valence-electron chi connectivity index (χ0n) is 5.50. The summed E-state index contributed by atoms with van der Waals surface area (Å²) in [5.74, 6) is 0. The van der Waals surface area contributed by atoms with E-state index in [9.17, 15) is 0 Å². The molecule has 0 aromatic carbocycles. The van der Waals surface area contributed by atoms with Gasteiger partial charge in [-0.25, -0.2) is 0 Å². The Morgan fingerprint density at radius 1 is 0.900 bits per heavy atom. The van der Waals surface area contributed by atoms with Crippen molar-refractivity contribution in [2.75, 3.05) is 0 Å². The predicted molar refractivity (Wildman–Crippen MR) is 16.2 cm³/mol. The molecule has 0 aromatic rings. The molecule has 0 aliphatic rings. The van der Waals surface area contributed by atoms with Crippen molar-refractivity contribution in [2.24, 2.45) is 0 Å². The number of hydrogen-bond acceptors (Lipinski definition) is 4. The second-order valence-corrected chi connectivity index (χ2v) is 1.22. The zero-order chi connectivity index (χ0) is 4.50. The van der Waals surface area contributed by atoms with Crippen LogP contribution in [0.5, 0.6) is 0 Å². The minimum atomic E-state index is -5.17. The normalized spacial score (nSPS) is 5.80. The average molecular weight is 382 g/mol. The van der Waals surface area contributed by atoms with Gasteiger partial charge in [-0.1, -0.05) is 0 Å². The summed E-state index contributed by atoms with van der Waals surface area (Å²) < 4.78 is 34.1. The number of halogens is 2. The molecule has 0 fully saturated rings. The molecule has 0 N–H and O–H groups in total. The monoisotopic (exact) mass is 382 g/mol. The maximum atomic E-state index is 8.52. The topological polar surface area (TPSA) is 80.3 Å². The Balaban J connectivity index is -0.00000000800. The smallest absolute Gasteiger partial charge is 1.00 e. The summed E-state index contributed by atoms with van der Waals surface area (Å²) in [5, 5.41) is 0. The predicted octanol–water partition coefficient (Wildman–Crippen LogP) is -13.7. The first-order valence-electron chi connectivity index (χ1n) is 0.667. The van der Waals surface area contributed by atoms with Crippen molar-refractivity contribution in [3.63, 3.8) is 0 Å². The standard InChI is InChI=1S/Ba.2ClH.2K.H2O4S/c;;;;;1-5(2,3)4/h;2*1H;;;(H2,1,2,3,4)/q+2;;;2*+1;/p-4. The summed E-state index contributed by atoms with van der Waals surface area (Å²) in [5.41, 5.74) is 0. The van der Waals surface area contributed by atoms with Gasteiger partial charge in [0.05, 0.1) is 0 Å². The van der Waals surface area contributed by atoms with Gasteiger partial charge in [-0.3, -0.25) is 8.42 Å². The van der Waals surface area contributed by atoms with E-state index in [0.29, 0.717) is 0 Å². The van der Waals surface area contributed by atoms with Gasteiger partial charge in [-0.15, -0.1) is 0 Å². The Kier molecular flexibility index (Phi) is 71.6. The van der Waals surface area contributed by atoms with E-state index in [-0.39, 0.29) is 176 Å². The molecule has 0 saturated heterocycles. The zero-order valence-corrected chi connectivity index (χ0v) is 18.5. The van der Waals surface area contributed by atoms with Crippen LogP contribution in [0.1, 0.15) is 0 Å². The molecule has 4 nitrogen and oxygen atoms in total. The molecule has 0 unspecified atom stereocenters. The van der Waals surface area contributed by atoms with E-state index < -0.39 is 10.4 Å². The molecule has 0 aliphatic heterocycles. The van der Waals surface area contributed by atoms with Crippen LogP contribution >= 0.6 is 0 Å². The van der Waals surface area contributed by atoms with Crippen LogP contribution in [0.3, 0.4) is 0 Å². The van der Waals surface area contributed by atoms with Crippen LogP contribution in [-0.2, 0) is 10.4 Å². The second-order valence-electron chi connectivity index (χ2n) is 0.408. The van der Waals surface area contributed by atoms with Gasteiger partial charge in [-0.2, -0.15) is 0 Å². The summed E-state index contributed by atoms with van der Waals surface area (Å²) >= 11 is 0. The first-order chi connectivity index (χ1) is 2.00. The maximum absolute atomic E-state index is 8.52. The van der Waals surface area contributed by atoms with Crippen molar-refractivity contribution in [3.05, 3.63) is 0 Å². The van der Waals surface area contributed by atoms with Crippen molar-refractivity contribution < 1.29 is 145 Å². The van der Waals surface area contributed by atoms with E-state index in [0.717, 1.165) is 0 Å². The van der Waals surface area contributed by atoms with Crippen molar-refractivity contribution in [1.29, 1.82) is 0 Å². The number of hydrogen-bond donors (Lipinski definition) is 0. The molecule has 0 atom stereocenters. The van der Waals surface area contributed by atoms with E-state index in [1.807, 2.05) is 0 Å². The van der Waals surface area contributed by atoms with Gasteiger partial charge >= 0.3 is 152 Å². The Hall–Kier alpha value is 5.29. The van der Waals surface area contributed by atoms with Gasteiger partial charge < -0.3 is 33.9 Å². The quantitative estimate of drug-likeness (QED) is 0.237. The summed E-state index contributed by atoms with van der Waals surface area (Å²) in [6, 6.07) is 0. The van der Waals surface area contributed by atoms with E-state index in [1.54, 1.807) is 0 Å². The molecule has 0 rings (SSSR count). The molecule has 0 bridgehead atoms. The Labute approximate surface area is 198 Å². The van der Waals surface area contributed by atoms with Crippen molar-refractivity contribution in [3.8, 4) is 0 Å². The van der Waals surface area contributed by atoms with E-state index in [1.165, 1.54) is 0 Å². The third-order valence-corrected chi connectivity index (χ3v) is 0. The van der Waals surface area contributed by atoms with Crippen LogP contribution in [0, 0.1) is 0 Å². The third-order valence-electron chi connectivity index (χ3n) is 0. The van der Waals surface area contributed by atoms with E-state index in [4.69, 9.17) is 17.5 Å². The third kappa shape index (κ3) is 71.7. The maximum Gasteiger partial charge on any atom is 2.00 e. The fraction of sp³-hybridized carbons (Fsp3) is 0. The molecule has 0 saturated carbocycles. The molecular weight excluding hydrogens is 382 g/mol. The fourth-order valence-corrected chi connectivity index (χ4v) is 0. The van der Waals surface area contributed by atoms with Crippen LogP contribution in [-0.4, -0.2) is 66.4 Å². The van der Waals surface area contributed by atoms with E-state index in [2.05, 4.69) is 0 Å². The van der Waals surface area contributed by atoms with Crippen molar-refractivity contribution >= 4 is 59.3 Å². The Morgan fingerprint density at radius 3 is 0.900 bits per heavy atom. The molecule has 0 heterocycles. The first kappa shape index (κ1) is 36.2. The molecule has 10 heteroatoms. The average Bonchev–Trinajstić information content (AvgIpc) is 0.722. The van der Waals surface area contributed by atoms with Crippen LogP contribution in [0.4, 0.5) is 0 Å². The second kappa shape index (κ2) is 19.8. The van der Waals surface area contributed by atoms with E-state index >= 15 is 0 Å². The van der Waals surface area contributed by atoms with Gasteiger partial charge in [0.2, 0.25) is 0 Å². The summed E-state index contributed by atoms with van der Waals surface area (Å²) in [7, 11) is -5.17.